The van der Waals surface area contributed by atoms with Crippen LogP contribution in [0.5, 0.6) is 0 Å². The average Bonchev–Trinajstić information content (AvgIpc) is 2.14. The van der Waals surface area contributed by atoms with Gasteiger partial charge in [-0.2, -0.15) is 0 Å². The first-order valence-corrected chi connectivity index (χ1v) is 5.87. The molecule has 1 fully saturated rings. The van der Waals surface area contributed by atoms with Crippen LogP contribution in [-0.4, -0.2) is 13.1 Å². The minimum Gasteiger partial charge on any atom is -0.371 e. The van der Waals surface area contributed by atoms with Crippen molar-refractivity contribution >= 4 is 5.69 Å². The highest BCUT2D eigenvalue weighted by molar-refractivity contribution is 5.55. The number of hydrogen-bond acceptors (Lipinski definition) is 2. The molecule has 0 heterocycles. The second kappa shape index (κ2) is 4.42. The zero-order valence-electron chi connectivity index (χ0n) is 9.91. The normalized spacial score (nSPS) is 18.0. The molecule has 2 nitrogen and oxygen atoms in total. The topological polar surface area (TPSA) is 29.3 Å². The van der Waals surface area contributed by atoms with Crippen molar-refractivity contribution in [1.82, 2.24) is 0 Å². The van der Waals surface area contributed by atoms with E-state index in [4.69, 9.17) is 5.73 Å². The molecule has 2 rings (SSSR count). The SMILES string of the molecule is CC(N)c1cc(F)ccc1N(C)C1CCC1. The average molecular weight is 222 g/mol. The minimum absolute atomic E-state index is 0.131. The maximum atomic E-state index is 13.2. The quantitative estimate of drug-likeness (QED) is 0.852. The molecule has 1 aromatic carbocycles. The summed E-state index contributed by atoms with van der Waals surface area (Å²) in [6.45, 7) is 1.90. The highest BCUT2D eigenvalue weighted by atomic mass is 19.1. The molecule has 0 aromatic heterocycles. The van der Waals surface area contributed by atoms with Crippen molar-refractivity contribution in [1.29, 1.82) is 0 Å². The lowest BCUT2D eigenvalue weighted by molar-refractivity contribution is 0.400. The fourth-order valence-corrected chi connectivity index (χ4v) is 2.18. The summed E-state index contributed by atoms with van der Waals surface area (Å²) in [7, 11) is 2.07. The van der Waals surface area contributed by atoms with Gasteiger partial charge in [0, 0.05) is 24.8 Å². The van der Waals surface area contributed by atoms with E-state index in [1.54, 1.807) is 6.07 Å². The number of rotatable bonds is 3. The molecule has 0 spiro atoms. The summed E-state index contributed by atoms with van der Waals surface area (Å²) in [6, 6.07) is 5.37. The molecule has 0 saturated heterocycles. The Kier molecular flexibility index (Phi) is 3.15. The van der Waals surface area contributed by atoms with Crippen LogP contribution in [0, 0.1) is 5.82 Å². The third-order valence-corrected chi connectivity index (χ3v) is 3.48. The second-order valence-corrected chi connectivity index (χ2v) is 4.69. The number of hydrogen-bond donors (Lipinski definition) is 1. The Bertz CT molecular complexity index is 372. The Labute approximate surface area is 96.2 Å². The largest absolute Gasteiger partial charge is 0.371 e. The van der Waals surface area contributed by atoms with Crippen molar-refractivity contribution in [2.75, 3.05) is 11.9 Å². The van der Waals surface area contributed by atoms with Gasteiger partial charge in [0.2, 0.25) is 0 Å². The van der Waals surface area contributed by atoms with Crippen LogP contribution in [0.3, 0.4) is 0 Å². The van der Waals surface area contributed by atoms with Gasteiger partial charge in [-0.15, -0.1) is 0 Å². The predicted octanol–water partition coefficient (Wildman–Crippen LogP) is 2.83. The van der Waals surface area contributed by atoms with E-state index in [1.807, 2.05) is 13.0 Å². The van der Waals surface area contributed by atoms with Gasteiger partial charge in [-0.3, -0.25) is 0 Å². The summed E-state index contributed by atoms with van der Waals surface area (Å²) < 4.78 is 13.2. The molecular formula is C13H19FN2. The van der Waals surface area contributed by atoms with Gasteiger partial charge in [0.15, 0.2) is 0 Å². The molecule has 3 heteroatoms. The molecule has 1 aliphatic carbocycles. The molecule has 1 unspecified atom stereocenters. The Hall–Kier alpha value is -1.09. The molecule has 0 radical (unpaired) electrons. The minimum atomic E-state index is -0.210. The van der Waals surface area contributed by atoms with Gasteiger partial charge in [0.1, 0.15) is 5.82 Å². The molecule has 1 atom stereocenters. The Morgan fingerprint density at radius 3 is 2.62 bits per heavy atom. The molecule has 16 heavy (non-hydrogen) atoms. The first-order valence-electron chi connectivity index (χ1n) is 5.87. The Morgan fingerprint density at radius 1 is 1.44 bits per heavy atom. The van der Waals surface area contributed by atoms with Crippen LogP contribution in [0.15, 0.2) is 18.2 Å². The summed E-state index contributed by atoms with van der Waals surface area (Å²) in [6.07, 6.45) is 3.75. The highest BCUT2D eigenvalue weighted by Crippen LogP contribution is 2.32. The molecular weight excluding hydrogens is 203 g/mol. The summed E-state index contributed by atoms with van der Waals surface area (Å²) in [4.78, 5) is 2.24. The fourth-order valence-electron chi connectivity index (χ4n) is 2.18. The van der Waals surface area contributed by atoms with Gasteiger partial charge in [-0.25, -0.2) is 4.39 Å². The van der Waals surface area contributed by atoms with E-state index in [9.17, 15) is 4.39 Å². The molecule has 88 valence electrons. The van der Waals surface area contributed by atoms with E-state index in [1.165, 1.54) is 25.3 Å². The molecule has 2 N–H and O–H groups in total. The summed E-state index contributed by atoms with van der Waals surface area (Å²) >= 11 is 0. The zero-order chi connectivity index (χ0) is 11.7. The van der Waals surface area contributed by atoms with E-state index < -0.39 is 0 Å². The van der Waals surface area contributed by atoms with E-state index >= 15 is 0 Å². The van der Waals surface area contributed by atoms with Crippen molar-refractivity contribution < 1.29 is 4.39 Å². The van der Waals surface area contributed by atoms with Crippen molar-refractivity contribution in [3.63, 3.8) is 0 Å². The number of benzene rings is 1. The van der Waals surface area contributed by atoms with Crippen LogP contribution in [0.2, 0.25) is 0 Å². The lowest BCUT2D eigenvalue weighted by atomic mass is 9.90. The van der Waals surface area contributed by atoms with Crippen molar-refractivity contribution in [3.8, 4) is 0 Å². The van der Waals surface area contributed by atoms with Crippen molar-refractivity contribution in [2.45, 2.75) is 38.3 Å². The van der Waals surface area contributed by atoms with Crippen molar-refractivity contribution in [2.24, 2.45) is 5.73 Å². The number of anilines is 1. The van der Waals surface area contributed by atoms with E-state index in [2.05, 4.69) is 11.9 Å². The molecule has 0 amide bonds. The molecule has 1 aromatic rings. The second-order valence-electron chi connectivity index (χ2n) is 4.69. The smallest absolute Gasteiger partial charge is 0.123 e. The van der Waals surface area contributed by atoms with Crippen LogP contribution in [0.4, 0.5) is 10.1 Å². The first-order chi connectivity index (χ1) is 7.59. The van der Waals surface area contributed by atoms with E-state index in [0.717, 1.165) is 11.3 Å². The molecule has 0 aliphatic heterocycles. The lowest BCUT2D eigenvalue weighted by Gasteiger charge is -2.37. The molecule has 0 bridgehead atoms. The van der Waals surface area contributed by atoms with E-state index in [0.29, 0.717) is 6.04 Å². The van der Waals surface area contributed by atoms with E-state index in [-0.39, 0.29) is 11.9 Å². The van der Waals surface area contributed by atoms with Crippen LogP contribution >= 0.6 is 0 Å². The third-order valence-electron chi connectivity index (χ3n) is 3.48. The molecule has 1 saturated carbocycles. The first kappa shape index (κ1) is 11.4. The Balaban J connectivity index is 2.30. The highest BCUT2D eigenvalue weighted by Gasteiger charge is 2.24. The maximum absolute atomic E-state index is 13.2. The molecule has 1 aliphatic rings. The van der Waals surface area contributed by atoms with Gasteiger partial charge in [-0.05, 0) is 49.9 Å². The fraction of sp³-hybridized carbons (Fsp3) is 0.538. The third kappa shape index (κ3) is 2.05. The standard InChI is InChI=1S/C13H19FN2/c1-9(15)12-8-10(14)6-7-13(12)16(2)11-4-3-5-11/h6-9,11H,3-5,15H2,1-2H3. The van der Waals surface area contributed by atoms with Crippen LogP contribution < -0.4 is 10.6 Å². The van der Waals surface area contributed by atoms with Gasteiger partial charge < -0.3 is 10.6 Å². The monoisotopic (exact) mass is 222 g/mol. The van der Waals surface area contributed by atoms with Gasteiger partial charge >= 0.3 is 0 Å². The van der Waals surface area contributed by atoms with Crippen molar-refractivity contribution in [3.05, 3.63) is 29.6 Å². The number of halogens is 1. The number of nitrogens with zero attached hydrogens (tertiary/aromatic N) is 1. The van der Waals surface area contributed by atoms with Gasteiger partial charge in [-0.1, -0.05) is 0 Å². The predicted molar refractivity (Wildman–Crippen MR) is 65.0 cm³/mol. The zero-order valence-corrected chi connectivity index (χ0v) is 9.91. The lowest BCUT2D eigenvalue weighted by Crippen LogP contribution is -2.38. The Morgan fingerprint density at radius 2 is 2.12 bits per heavy atom. The maximum Gasteiger partial charge on any atom is 0.123 e. The summed E-state index contributed by atoms with van der Waals surface area (Å²) in [5.74, 6) is -0.210. The van der Waals surface area contributed by atoms with Crippen LogP contribution in [0.1, 0.15) is 37.8 Å². The summed E-state index contributed by atoms with van der Waals surface area (Å²) in [5, 5.41) is 0. The number of nitrogens with two attached hydrogens (primary N) is 1. The van der Waals surface area contributed by atoms with Crippen LogP contribution in [0.25, 0.3) is 0 Å². The van der Waals surface area contributed by atoms with Crippen LogP contribution in [-0.2, 0) is 0 Å². The summed E-state index contributed by atoms with van der Waals surface area (Å²) in [5.41, 5.74) is 7.86. The van der Waals surface area contributed by atoms with Gasteiger partial charge in [0.05, 0.1) is 0 Å². The van der Waals surface area contributed by atoms with Gasteiger partial charge in [0.25, 0.3) is 0 Å².